The first kappa shape index (κ1) is 26.7. The Hall–Kier alpha value is -4.46. The predicted octanol–water partition coefficient (Wildman–Crippen LogP) is 6.58. The number of benzene rings is 3. The van der Waals surface area contributed by atoms with Crippen molar-refractivity contribution in [1.82, 2.24) is 9.88 Å². The van der Waals surface area contributed by atoms with Crippen molar-refractivity contribution in [2.75, 3.05) is 31.3 Å². The largest absolute Gasteiger partial charge is 0.494 e. The number of aromatic nitrogens is 1. The second kappa shape index (κ2) is 10.5. The van der Waals surface area contributed by atoms with Crippen LogP contribution in [0.15, 0.2) is 66.7 Å². The highest BCUT2D eigenvalue weighted by Crippen LogP contribution is 2.51. The molecule has 0 saturated carbocycles. The van der Waals surface area contributed by atoms with Gasteiger partial charge in [0.1, 0.15) is 5.75 Å². The molecule has 0 radical (unpaired) electrons. The summed E-state index contributed by atoms with van der Waals surface area (Å²) < 4.78 is 17.5. The minimum Gasteiger partial charge on any atom is -0.494 e. The zero-order valence-corrected chi connectivity index (χ0v) is 23.9. The number of nitrogens with one attached hydrogen (secondary N) is 1. The number of aromatic amines is 1. The fraction of sp³-hybridized carbons (Fsp3) is 0.333. The molecular formula is C33H35N3O5. The second-order valence-corrected chi connectivity index (χ2v) is 10.5. The molecule has 8 nitrogen and oxygen atoms in total. The van der Waals surface area contributed by atoms with E-state index in [0.717, 1.165) is 34.1 Å². The van der Waals surface area contributed by atoms with Crippen LogP contribution in [0.2, 0.25) is 0 Å². The number of fused-ring (bicyclic) bond motifs is 5. The van der Waals surface area contributed by atoms with Gasteiger partial charge < -0.3 is 24.1 Å². The van der Waals surface area contributed by atoms with Gasteiger partial charge in [-0.1, -0.05) is 31.2 Å². The second-order valence-electron chi connectivity index (χ2n) is 10.5. The molecule has 0 aliphatic carbocycles. The lowest BCUT2D eigenvalue weighted by atomic mass is 9.78. The van der Waals surface area contributed by atoms with Crippen LogP contribution in [0.25, 0.3) is 10.9 Å². The van der Waals surface area contributed by atoms with Crippen LogP contribution in [0.3, 0.4) is 0 Å². The molecule has 3 heterocycles. The van der Waals surface area contributed by atoms with Gasteiger partial charge in [-0.05, 0) is 80.8 Å². The van der Waals surface area contributed by atoms with Crippen molar-refractivity contribution < 1.29 is 23.8 Å². The zero-order valence-electron chi connectivity index (χ0n) is 23.9. The third kappa shape index (κ3) is 4.20. The van der Waals surface area contributed by atoms with Crippen molar-refractivity contribution in [2.45, 2.75) is 45.6 Å². The van der Waals surface area contributed by atoms with Crippen LogP contribution in [0, 0.1) is 0 Å². The maximum atomic E-state index is 14.2. The first-order chi connectivity index (χ1) is 19.9. The lowest BCUT2D eigenvalue weighted by Crippen LogP contribution is -2.50. The van der Waals surface area contributed by atoms with Crippen LogP contribution in [-0.2, 0) is 10.3 Å². The van der Waals surface area contributed by atoms with E-state index in [9.17, 15) is 9.59 Å². The number of rotatable bonds is 9. The standard InChI is InChI=1S/C33H35N3O5/c1-5-18-41-27-17-12-21(19-28(27)40-7-3)25-20-35-32(38)36(22-13-15-23(16-14-22)39-6-2)31(37)33(35,4)30-29(25)24-10-8-9-11-26(24)34-30/h8-17,19,25,34H,5-7,18,20H2,1-4H3/t25?,33-/m0/s1. The van der Waals surface area contributed by atoms with Crippen LogP contribution >= 0.6 is 0 Å². The molecule has 212 valence electrons. The van der Waals surface area contributed by atoms with Crippen molar-refractivity contribution >= 4 is 28.5 Å². The van der Waals surface area contributed by atoms with Gasteiger partial charge in [0.05, 0.1) is 31.2 Å². The number of hydrogen-bond donors (Lipinski definition) is 1. The SMILES string of the molecule is CCCOc1ccc(C2CN3C(=O)N(c4ccc(OCC)cc4)C(=O)[C@]3(C)c3[nH]c4ccccc4c32)cc1OCC. The number of anilines is 1. The average molecular weight is 554 g/mol. The number of imide groups is 1. The summed E-state index contributed by atoms with van der Waals surface area (Å²) in [5.74, 6) is 1.59. The summed E-state index contributed by atoms with van der Waals surface area (Å²) in [6.07, 6.45) is 0.892. The predicted molar refractivity (Wildman–Crippen MR) is 158 cm³/mol. The number of urea groups is 1. The molecule has 0 spiro atoms. The molecule has 2 aliphatic heterocycles. The lowest BCUT2D eigenvalue weighted by Gasteiger charge is -2.40. The summed E-state index contributed by atoms with van der Waals surface area (Å²) in [5.41, 5.74) is 3.02. The number of carbonyl (C=O) groups excluding carboxylic acids is 2. The van der Waals surface area contributed by atoms with E-state index in [-0.39, 0.29) is 17.9 Å². The van der Waals surface area contributed by atoms with Crippen LogP contribution in [0.5, 0.6) is 17.2 Å². The molecule has 2 atom stereocenters. The highest BCUT2D eigenvalue weighted by molar-refractivity contribution is 6.23. The number of hydrogen-bond acceptors (Lipinski definition) is 5. The lowest BCUT2D eigenvalue weighted by molar-refractivity contribution is -0.125. The fourth-order valence-electron chi connectivity index (χ4n) is 6.12. The Bertz CT molecular complexity index is 1610. The quantitative estimate of drug-likeness (QED) is 0.237. The molecule has 8 heteroatoms. The number of H-pyrrole nitrogens is 1. The van der Waals surface area contributed by atoms with E-state index in [1.807, 2.05) is 57.2 Å². The minimum absolute atomic E-state index is 0.189. The maximum absolute atomic E-state index is 14.2. The van der Waals surface area contributed by atoms with Crippen LogP contribution in [0.4, 0.5) is 10.5 Å². The molecule has 2 aliphatic rings. The number of para-hydroxylation sites is 1. The first-order valence-electron chi connectivity index (χ1n) is 14.3. The highest BCUT2D eigenvalue weighted by atomic mass is 16.5. The van der Waals surface area contributed by atoms with Gasteiger partial charge in [-0.15, -0.1) is 0 Å². The Morgan fingerprint density at radius 1 is 0.902 bits per heavy atom. The summed E-state index contributed by atoms with van der Waals surface area (Å²) in [7, 11) is 0. The van der Waals surface area contributed by atoms with Crippen molar-refractivity contribution in [3.63, 3.8) is 0 Å². The van der Waals surface area contributed by atoms with E-state index in [1.165, 1.54) is 4.90 Å². The van der Waals surface area contributed by atoms with E-state index < -0.39 is 5.54 Å². The van der Waals surface area contributed by atoms with Gasteiger partial charge in [0.2, 0.25) is 0 Å². The van der Waals surface area contributed by atoms with Gasteiger partial charge in [-0.2, -0.15) is 0 Å². The molecule has 3 aromatic carbocycles. The van der Waals surface area contributed by atoms with Gasteiger partial charge >= 0.3 is 6.03 Å². The summed E-state index contributed by atoms with van der Waals surface area (Å²) in [6, 6.07) is 20.8. The summed E-state index contributed by atoms with van der Waals surface area (Å²) in [6.45, 7) is 9.75. The molecule has 41 heavy (non-hydrogen) atoms. The summed E-state index contributed by atoms with van der Waals surface area (Å²) in [4.78, 5) is 34.8. The molecule has 1 aromatic heterocycles. The molecule has 1 saturated heterocycles. The minimum atomic E-state index is -1.19. The Morgan fingerprint density at radius 2 is 1.66 bits per heavy atom. The van der Waals surface area contributed by atoms with E-state index in [2.05, 4.69) is 18.0 Å². The highest BCUT2D eigenvalue weighted by Gasteiger charge is 2.60. The number of nitrogens with zero attached hydrogens (tertiary/aromatic N) is 2. The van der Waals surface area contributed by atoms with Gasteiger partial charge in [-0.25, -0.2) is 9.69 Å². The van der Waals surface area contributed by atoms with Gasteiger partial charge in [0, 0.05) is 23.4 Å². The molecule has 0 bridgehead atoms. The monoisotopic (exact) mass is 553 g/mol. The first-order valence-corrected chi connectivity index (χ1v) is 14.3. The Balaban J connectivity index is 1.48. The summed E-state index contributed by atoms with van der Waals surface area (Å²) in [5, 5.41) is 1.04. The third-order valence-corrected chi connectivity index (χ3v) is 8.07. The Labute approximate surface area is 239 Å². The molecule has 4 aromatic rings. The maximum Gasteiger partial charge on any atom is 0.332 e. The summed E-state index contributed by atoms with van der Waals surface area (Å²) >= 11 is 0. The van der Waals surface area contributed by atoms with Crippen molar-refractivity contribution in [1.29, 1.82) is 0 Å². The van der Waals surface area contributed by atoms with E-state index in [4.69, 9.17) is 14.2 Å². The number of carbonyl (C=O) groups is 2. The van der Waals surface area contributed by atoms with Crippen molar-refractivity contribution in [3.8, 4) is 17.2 Å². The van der Waals surface area contributed by atoms with Gasteiger partial charge in [0.15, 0.2) is 17.0 Å². The van der Waals surface area contributed by atoms with Crippen molar-refractivity contribution in [3.05, 3.63) is 83.6 Å². The molecule has 1 fully saturated rings. The molecule has 3 amide bonds. The van der Waals surface area contributed by atoms with Crippen LogP contribution in [0.1, 0.15) is 56.9 Å². The van der Waals surface area contributed by atoms with Crippen LogP contribution < -0.4 is 19.1 Å². The molecular weight excluding hydrogens is 518 g/mol. The van der Waals surface area contributed by atoms with Crippen LogP contribution in [-0.4, -0.2) is 48.2 Å². The normalized spacial score (nSPS) is 19.9. The van der Waals surface area contributed by atoms with E-state index in [0.29, 0.717) is 49.3 Å². The molecule has 1 N–H and O–H groups in total. The van der Waals surface area contributed by atoms with Crippen molar-refractivity contribution in [2.24, 2.45) is 0 Å². The number of amides is 3. The Morgan fingerprint density at radius 3 is 2.39 bits per heavy atom. The van der Waals surface area contributed by atoms with Gasteiger partial charge in [-0.3, -0.25) is 4.79 Å². The fourth-order valence-corrected chi connectivity index (χ4v) is 6.12. The Kier molecular flexibility index (Phi) is 6.85. The average Bonchev–Trinajstić information content (AvgIpc) is 3.47. The van der Waals surface area contributed by atoms with E-state index >= 15 is 0 Å². The molecule has 6 rings (SSSR count). The zero-order chi connectivity index (χ0) is 28.7. The molecule has 1 unspecified atom stereocenters. The topological polar surface area (TPSA) is 84.1 Å². The third-order valence-electron chi connectivity index (χ3n) is 8.07. The van der Waals surface area contributed by atoms with Gasteiger partial charge in [0.25, 0.3) is 5.91 Å². The number of ether oxygens (including phenoxy) is 3. The van der Waals surface area contributed by atoms with E-state index in [1.54, 1.807) is 29.2 Å². The smallest absolute Gasteiger partial charge is 0.332 e.